The summed E-state index contributed by atoms with van der Waals surface area (Å²) in [4.78, 5) is 15.3. The zero-order valence-electron chi connectivity index (χ0n) is 18.2. The summed E-state index contributed by atoms with van der Waals surface area (Å²) in [5.41, 5.74) is -1.51. The molecule has 0 aliphatic rings. The van der Waals surface area contributed by atoms with Crippen LogP contribution in [0.4, 0.5) is 22.0 Å². The monoisotopic (exact) mass is 494 g/mol. The zero-order chi connectivity index (χ0) is 25.0. The number of nitrogens with one attached hydrogen (secondary N) is 1. The van der Waals surface area contributed by atoms with Crippen LogP contribution in [0.5, 0.6) is 11.5 Å². The van der Waals surface area contributed by atoms with Crippen LogP contribution in [0.3, 0.4) is 0 Å². The number of hydrogen-bond acceptors (Lipinski definition) is 6. The van der Waals surface area contributed by atoms with E-state index in [1.165, 1.54) is 6.92 Å². The summed E-state index contributed by atoms with van der Waals surface area (Å²) in [6, 6.07) is 3.16. The number of alkyl halides is 4. The highest BCUT2D eigenvalue weighted by Crippen LogP contribution is 2.33. The van der Waals surface area contributed by atoms with E-state index < -0.39 is 52.0 Å². The first-order valence-corrected chi connectivity index (χ1v) is 10.9. The maximum absolute atomic E-state index is 15.0. The van der Waals surface area contributed by atoms with Gasteiger partial charge in [0.2, 0.25) is 6.17 Å². The Balaban J connectivity index is 2.38. The van der Waals surface area contributed by atoms with E-state index in [-0.39, 0.29) is 23.7 Å². The van der Waals surface area contributed by atoms with Crippen LogP contribution in [0.15, 0.2) is 36.5 Å². The standard InChI is InChI=1S/C21H23F5N2O4S/c1-5-31-19(29)17(23)18(28-33(30)20(2,3)4)14-10-12(6-8-15(14)22)32-13-7-9-16(27-11-13)21(24,25)26/h6-11,17-18,28H,5H2,1-4H3/t17?,18?,33-/m1/s1. The fourth-order valence-corrected chi connectivity index (χ4v) is 3.33. The first-order valence-electron chi connectivity index (χ1n) is 9.73. The van der Waals surface area contributed by atoms with Gasteiger partial charge in [-0.1, -0.05) is 0 Å². The molecule has 182 valence electrons. The van der Waals surface area contributed by atoms with Gasteiger partial charge in [0, 0.05) is 16.9 Å². The third kappa shape index (κ3) is 7.27. The summed E-state index contributed by atoms with van der Waals surface area (Å²) >= 11 is -1.89. The molecule has 0 aliphatic heterocycles. The maximum atomic E-state index is 15.0. The van der Waals surface area contributed by atoms with Crippen molar-refractivity contribution in [3.05, 3.63) is 53.6 Å². The molecule has 0 amide bonds. The Hall–Kier alpha value is -2.44. The number of hydrogen-bond donors (Lipinski definition) is 1. The van der Waals surface area contributed by atoms with Gasteiger partial charge in [-0.2, -0.15) is 13.2 Å². The smallest absolute Gasteiger partial charge is 0.433 e. The second kappa shape index (κ2) is 10.7. The molecule has 1 heterocycles. The Bertz CT molecular complexity index is 951. The number of rotatable bonds is 8. The van der Waals surface area contributed by atoms with E-state index in [1.807, 2.05) is 0 Å². The molecule has 0 fully saturated rings. The summed E-state index contributed by atoms with van der Waals surface area (Å²) in [5, 5.41) is 0. The van der Waals surface area contributed by atoms with E-state index in [9.17, 15) is 31.3 Å². The highest BCUT2D eigenvalue weighted by molar-refractivity contribution is 7.90. The minimum absolute atomic E-state index is 0.0719. The van der Waals surface area contributed by atoms with Gasteiger partial charge < -0.3 is 14.0 Å². The number of pyridine rings is 1. The normalized spacial score (nSPS) is 15.0. The molecule has 2 unspecified atom stereocenters. The molecule has 0 saturated heterocycles. The van der Waals surface area contributed by atoms with Crippen molar-refractivity contribution in [3.63, 3.8) is 0 Å². The van der Waals surface area contributed by atoms with Crippen LogP contribution in [0.2, 0.25) is 0 Å². The average molecular weight is 494 g/mol. The van der Waals surface area contributed by atoms with Crippen molar-refractivity contribution in [2.75, 3.05) is 6.61 Å². The topological polar surface area (TPSA) is 83.5 Å². The number of ether oxygens (including phenoxy) is 2. The number of carbonyl (C=O) groups excluding carboxylic acids is 1. The minimum Gasteiger partial charge on any atom is -0.598 e. The van der Waals surface area contributed by atoms with Gasteiger partial charge >= 0.3 is 12.1 Å². The molecule has 2 aromatic rings. The second-order valence-electron chi connectivity index (χ2n) is 7.79. The van der Waals surface area contributed by atoms with Crippen molar-refractivity contribution in [2.45, 2.75) is 50.8 Å². The molecule has 6 nitrogen and oxygen atoms in total. The minimum atomic E-state index is -4.63. The Labute approximate surface area is 190 Å². The number of halogens is 5. The van der Waals surface area contributed by atoms with Crippen molar-refractivity contribution < 1.29 is 40.8 Å². The number of nitrogens with zero attached hydrogens (tertiary/aromatic N) is 1. The van der Waals surface area contributed by atoms with E-state index in [1.54, 1.807) is 20.8 Å². The molecule has 0 radical (unpaired) electrons. The molecular weight excluding hydrogens is 471 g/mol. The Morgan fingerprint density at radius 2 is 1.82 bits per heavy atom. The first kappa shape index (κ1) is 26.8. The van der Waals surface area contributed by atoms with E-state index >= 15 is 0 Å². The Kier molecular flexibility index (Phi) is 8.66. The van der Waals surface area contributed by atoms with Gasteiger partial charge in [0.1, 0.15) is 33.8 Å². The lowest BCUT2D eigenvalue weighted by Crippen LogP contribution is -2.46. The van der Waals surface area contributed by atoms with Gasteiger partial charge in [-0.15, -0.1) is 4.72 Å². The van der Waals surface area contributed by atoms with Gasteiger partial charge in [0.05, 0.1) is 12.8 Å². The van der Waals surface area contributed by atoms with Gasteiger partial charge in [0.15, 0.2) is 0 Å². The van der Waals surface area contributed by atoms with Crippen molar-refractivity contribution in [1.82, 2.24) is 9.71 Å². The molecule has 1 aromatic heterocycles. The van der Waals surface area contributed by atoms with E-state index in [0.717, 1.165) is 30.5 Å². The molecular formula is C21H23F5N2O4S. The van der Waals surface area contributed by atoms with Crippen LogP contribution in [0.25, 0.3) is 0 Å². The summed E-state index contributed by atoms with van der Waals surface area (Å²) in [5.74, 6) is -2.37. The molecule has 2 rings (SSSR count). The SMILES string of the molecule is CCOC(=O)C(F)C(N[S@+]([O-])C(C)(C)C)c1cc(Oc2ccc(C(F)(F)F)nc2)ccc1F. The van der Waals surface area contributed by atoms with Crippen molar-refractivity contribution in [2.24, 2.45) is 0 Å². The predicted octanol–water partition coefficient (Wildman–Crippen LogP) is 5.03. The Morgan fingerprint density at radius 1 is 1.18 bits per heavy atom. The molecule has 0 aliphatic carbocycles. The summed E-state index contributed by atoms with van der Waals surface area (Å²) in [7, 11) is 0. The molecule has 1 aromatic carbocycles. The van der Waals surface area contributed by atoms with Crippen LogP contribution in [-0.4, -0.2) is 33.0 Å². The largest absolute Gasteiger partial charge is 0.598 e. The van der Waals surface area contributed by atoms with E-state index in [0.29, 0.717) is 6.07 Å². The number of aromatic nitrogens is 1. The van der Waals surface area contributed by atoms with Gasteiger partial charge in [-0.05, 0) is 58.0 Å². The molecule has 12 heteroatoms. The fraction of sp³-hybridized carbons (Fsp3) is 0.429. The average Bonchev–Trinajstić information content (AvgIpc) is 2.72. The third-order valence-corrected chi connectivity index (χ3v) is 5.74. The van der Waals surface area contributed by atoms with Crippen LogP contribution in [-0.2, 0) is 27.1 Å². The second-order valence-corrected chi connectivity index (χ2v) is 9.79. The third-order valence-electron chi connectivity index (χ3n) is 4.16. The lowest BCUT2D eigenvalue weighted by atomic mass is 10.0. The number of esters is 1. The van der Waals surface area contributed by atoms with Crippen molar-refractivity contribution in [3.8, 4) is 11.5 Å². The molecule has 3 atom stereocenters. The van der Waals surface area contributed by atoms with Crippen molar-refractivity contribution in [1.29, 1.82) is 0 Å². The van der Waals surface area contributed by atoms with Gasteiger partial charge in [0.25, 0.3) is 0 Å². The summed E-state index contributed by atoms with van der Waals surface area (Å²) < 4.78 is 91.8. The van der Waals surface area contributed by atoms with Crippen LogP contribution >= 0.6 is 0 Å². The number of benzene rings is 1. The molecule has 1 N–H and O–H groups in total. The molecule has 0 bridgehead atoms. The van der Waals surface area contributed by atoms with E-state index in [2.05, 4.69) is 14.4 Å². The zero-order valence-corrected chi connectivity index (χ0v) is 19.0. The van der Waals surface area contributed by atoms with Gasteiger partial charge in [-0.3, -0.25) is 0 Å². The highest BCUT2D eigenvalue weighted by Gasteiger charge is 2.39. The lowest BCUT2D eigenvalue weighted by Gasteiger charge is -2.29. The lowest BCUT2D eigenvalue weighted by molar-refractivity contribution is -0.150. The number of carbonyl (C=O) groups is 1. The van der Waals surface area contributed by atoms with Crippen LogP contribution in [0.1, 0.15) is 45.0 Å². The summed E-state index contributed by atoms with van der Waals surface area (Å²) in [6.07, 6.45) is -6.21. The fourth-order valence-electron chi connectivity index (χ4n) is 2.50. The first-order chi connectivity index (χ1) is 15.2. The maximum Gasteiger partial charge on any atom is 0.433 e. The highest BCUT2D eigenvalue weighted by atomic mass is 32.2. The quantitative estimate of drug-likeness (QED) is 0.315. The van der Waals surface area contributed by atoms with E-state index in [4.69, 9.17) is 4.74 Å². The Morgan fingerprint density at radius 3 is 2.33 bits per heavy atom. The van der Waals surface area contributed by atoms with Crippen LogP contribution in [0, 0.1) is 5.82 Å². The molecule has 0 spiro atoms. The predicted molar refractivity (Wildman–Crippen MR) is 111 cm³/mol. The van der Waals surface area contributed by atoms with Crippen molar-refractivity contribution >= 4 is 17.3 Å². The van der Waals surface area contributed by atoms with Crippen LogP contribution < -0.4 is 9.46 Å². The van der Waals surface area contributed by atoms with Gasteiger partial charge in [-0.25, -0.2) is 18.6 Å². The summed E-state index contributed by atoms with van der Waals surface area (Å²) in [6.45, 7) is 6.13. The molecule has 0 saturated carbocycles. The molecule has 33 heavy (non-hydrogen) atoms.